The van der Waals surface area contributed by atoms with E-state index in [1.807, 2.05) is 0 Å². The van der Waals surface area contributed by atoms with Gasteiger partial charge in [-0.1, -0.05) is 11.6 Å². The Kier molecular flexibility index (Phi) is 2.93. The zero-order chi connectivity index (χ0) is 12.7. The van der Waals surface area contributed by atoms with E-state index in [9.17, 15) is 4.79 Å². The number of amidine groups is 1. The van der Waals surface area contributed by atoms with Gasteiger partial charge in [0.15, 0.2) is 0 Å². The highest BCUT2D eigenvalue weighted by molar-refractivity contribution is 7.99. The van der Waals surface area contributed by atoms with Crippen LogP contribution in [0.25, 0.3) is 0 Å². The molecular weight excluding hydrogens is 272 g/mol. The van der Waals surface area contributed by atoms with Gasteiger partial charge >= 0.3 is 0 Å². The number of thioether (sulfide) groups is 1. The quantitative estimate of drug-likeness (QED) is 0.557. The van der Waals surface area contributed by atoms with E-state index in [2.05, 4.69) is 10.4 Å². The van der Waals surface area contributed by atoms with E-state index in [1.165, 1.54) is 0 Å². The number of hydrogen-bond acceptors (Lipinski definition) is 5. The fourth-order valence-electron chi connectivity index (χ4n) is 2.13. The number of nitrogens with two attached hydrogens (primary N) is 1. The Labute approximate surface area is 113 Å². The molecule has 0 aromatic heterocycles. The van der Waals surface area contributed by atoms with Crippen LogP contribution in [-0.4, -0.2) is 34.3 Å². The summed E-state index contributed by atoms with van der Waals surface area (Å²) >= 11 is 7.63. The first-order valence-corrected chi connectivity index (χ1v) is 6.97. The van der Waals surface area contributed by atoms with Crippen molar-refractivity contribution >= 4 is 40.8 Å². The number of nitrogens with one attached hydrogen (secondary N) is 1. The highest BCUT2D eigenvalue weighted by Gasteiger charge is 2.36. The highest BCUT2D eigenvalue weighted by Crippen LogP contribution is 2.32. The van der Waals surface area contributed by atoms with Gasteiger partial charge in [-0.2, -0.15) is 0 Å². The number of carbonyl (C=O) groups is 1. The Morgan fingerprint density at radius 2 is 2.39 bits per heavy atom. The lowest BCUT2D eigenvalue weighted by molar-refractivity contribution is 0.0782. The van der Waals surface area contributed by atoms with Gasteiger partial charge in [-0.15, -0.1) is 11.8 Å². The summed E-state index contributed by atoms with van der Waals surface area (Å²) < 4.78 is 0. The summed E-state index contributed by atoms with van der Waals surface area (Å²) in [5, 5.41) is 0.532. The number of hydrogen-bond donors (Lipinski definition) is 2. The van der Waals surface area contributed by atoms with Gasteiger partial charge in [0.05, 0.1) is 17.1 Å². The molecule has 1 amide bonds. The van der Waals surface area contributed by atoms with Gasteiger partial charge in [-0.25, -0.2) is 10.8 Å². The van der Waals surface area contributed by atoms with Crippen LogP contribution in [0.4, 0.5) is 5.69 Å². The van der Waals surface area contributed by atoms with Crippen molar-refractivity contribution in [2.45, 2.75) is 6.04 Å². The third-order valence-electron chi connectivity index (χ3n) is 3.04. The fourth-order valence-corrected chi connectivity index (χ4v) is 3.47. The van der Waals surface area contributed by atoms with Crippen molar-refractivity contribution in [1.29, 1.82) is 0 Å². The predicted molar refractivity (Wildman–Crippen MR) is 73.2 cm³/mol. The van der Waals surface area contributed by atoms with E-state index in [4.69, 9.17) is 17.4 Å². The lowest BCUT2D eigenvalue weighted by atomic mass is 10.1. The molecule has 1 saturated heterocycles. The SMILES string of the molecule is NNC1=Nc2ccc(Cl)cc2C(=O)N2CSCC12. The molecule has 1 fully saturated rings. The second-order valence-corrected chi connectivity index (χ2v) is 5.53. The lowest BCUT2D eigenvalue weighted by Gasteiger charge is -2.22. The molecule has 0 saturated carbocycles. The van der Waals surface area contributed by atoms with Crippen LogP contribution in [-0.2, 0) is 0 Å². The Hall–Kier alpha value is -1.24. The summed E-state index contributed by atoms with van der Waals surface area (Å²) in [6.45, 7) is 0. The van der Waals surface area contributed by atoms with E-state index < -0.39 is 0 Å². The van der Waals surface area contributed by atoms with E-state index in [0.717, 1.165) is 5.75 Å². The number of nitrogens with zero attached hydrogens (tertiary/aromatic N) is 2. The smallest absolute Gasteiger partial charge is 0.257 e. The van der Waals surface area contributed by atoms with Gasteiger partial charge in [0.25, 0.3) is 5.91 Å². The fraction of sp³-hybridized carbons (Fsp3) is 0.273. The third kappa shape index (κ3) is 1.77. The van der Waals surface area contributed by atoms with Crippen molar-refractivity contribution in [2.24, 2.45) is 10.8 Å². The minimum Gasteiger partial charge on any atom is -0.318 e. The molecule has 0 radical (unpaired) electrons. The second-order valence-electron chi connectivity index (χ2n) is 4.09. The lowest BCUT2D eigenvalue weighted by Crippen LogP contribution is -2.48. The average molecular weight is 283 g/mol. The van der Waals surface area contributed by atoms with Crippen LogP contribution >= 0.6 is 23.4 Å². The first kappa shape index (κ1) is 11.8. The predicted octanol–water partition coefficient (Wildman–Crippen LogP) is 1.36. The zero-order valence-electron chi connectivity index (χ0n) is 9.39. The molecule has 94 valence electrons. The van der Waals surface area contributed by atoms with Crippen molar-refractivity contribution in [3.63, 3.8) is 0 Å². The van der Waals surface area contributed by atoms with E-state index in [-0.39, 0.29) is 11.9 Å². The van der Waals surface area contributed by atoms with E-state index in [0.29, 0.717) is 28.0 Å². The number of fused-ring (bicyclic) bond motifs is 2. The first-order chi connectivity index (χ1) is 8.70. The van der Waals surface area contributed by atoms with Crippen LogP contribution in [0, 0.1) is 0 Å². The maximum atomic E-state index is 12.4. The summed E-state index contributed by atoms with van der Waals surface area (Å²) in [7, 11) is 0. The molecule has 0 aliphatic carbocycles. The van der Waals surface area contributed by atoms with Gasteiger partial charge in [-0.05, 0) is 18.2 Å². The molecule has 0 bridgehead atoms. The van der Waals surface area contributed by atoms with Crippen LogP contribution in [0.1, 0.15) is 10.4 Å². The van der Waals surface area contributed by atoms with Crippen LogP contribution in [0.15, 0.2) is 23.2 Å². The van der Waals surface area contributed by atoms with Crippen molar-refractivity contribution in [3.8, 4) is 0 Å². The van der Waals surface area contributed by atoms with Gasteiger partial charge in [0.1, 0.15) is 11.9 Å². The summed E-state index contributed by atoms with van der Waals surface area (Å²) in [6, 6.07) is 5.03. The van der Waals surface area contributed by atoms with Gasteiger partial charge in [0, 0.05) is 10.8 Å². The van der Waals surface area contributed by atoms with Crippen LogP contribution in [0.3, 0.4) is 0 Å². The molecule has 1 aromatic rings. The van der Waals surface area contributed by atoms with Gasteiger partial charge < -0.3 is 10.3 Å². The second kappa shape index (κ2) is 4.46. The van der Waals surface area contributed by atoms with Crippen molar-refractivity contribution in [3.05, 3.63) is 28.8 Å². The largest absolute Gasteiger partial charge is 0.318 e. The van der Waals surface area contributed by atoms with Crippen molar-refractivity contribution in [2.75, 3.05) is 11.6 Å². The Balaban J connectivity index is 2.16. The molecular formula is C11H11ClN4OS. The van der Waals surface area contributed by atoms with E-state index >= 15 is 0 Å². The monoisotopic (exact) mass is 282 g/mol. The zero-order valence-corrected chi connectivity index (χ0v) is 11.0. The molecule has 3 N–H and O–H groups in total. The topological polar surface area (TPSA) is 70.7 Å². The number of halogens is 1. The molecule has 18 heavy (non-hydrogen) atoms. The standard InChI is InChI=1S/C11H11ClN4OS/c12-6-1-2-8-7(3-6)11(17)16-5-18-4-9(16)10(14-8)15-13/h1-3,9H,4-5,13H2,(H,14,15). The first-order valence-electron chi connectivity index (χ1n) is 5.44. The number of carbonyl (C=O) groups excluding carboxylic acids is 1. The van der Waals surface area contributed by atoms with Crippen molar-refractivity contribution in [1.82, 2.24) is 10.3 Å². The van der Waals surface area contributed by atoms with Gasteiger partial charge in [-0.3, -0.25) is 4.79 Å². The highest BCUT2D eigenvalue weighted by atomic mass is 35.5. The maximum Gasteiger partial charge on any atom is 0.257 e. The number of aliphatic imine (C=N–C) groups is 1. The van der Waals surface area contributed by atoms with Crippen LogP contribution in [0.5, 0.6) is 0 Å². The molecule has 1 atom stereocenters. The molecule has 2 aliphatic rings. The minimum atomic E-state index is -0.0846. The molecule has 0 spiro atoms. The summed E-state index contributed by atoms with van der Waals surface area (Å²) in [5.41, 5.74) is 3.74. The normalized spacial score (nSPS) is 22.1. The molecule has 5 nitrogen and oxygen atoms in total. The van der Waals surface area contributed by atoms with Crippen molar-refractivity contribution < 1.29 is 4.79 Å². The number of benzene rings is 1. The summed E-state index contributed by atoms with van der Waals surface area (Å²) in [5.74, 6) is 7.53. The van der Waals surface area contributed by atoms with Crippen LogP contribution in [0.2, 0.25) is 5.02 Å². The molecule has 1 unspecified atom stereocenters. The average Bonchev–Trinajstić information content (AvgIpc) is 2.81. The molecule has 2 heterocycles. The molecule has 7 heteroatoms. The molecule has 2 aliphatic heterocycles. The number of hydrazine groups is 1. The summed E-state index contributed by atoms with van der Waals surface area (Å²) in [4.78, 5) is 18.7. The number of rotatable bonds is 0. The van der Waals surface area contributed by atoms with E-state index in [1.54, 1.807) is 34.9 Å². The maximum absolute atomic E-state index is 12.4. The molecule has 3 rings (SSSR count). The van der Waals surface area contributed by atoms with Gasteiger partial charge in [0.2, 0.25) is 0 Å². The number of amides is 1. The van der Waals surface area contributed by atoms with Crippen LogP contribution < -0.4 is 11.3 Å². The Morgan fingerprint density at radius 3 is 3.17 bits per heavy atom. The molecule has 1 aromatic carbocycles. The Bertz CT molecular complexity index is 548. The minimum absolute atomic E-state index is 0.0449. The Morgan fingerprint density at radius 1 is 1.56 bits per heavy atom. The third-order valence-corrected chi connectivity index (χ3v) is 4.28. The summed E-state index contributed by atoms with van der Waals surface area (Å²) in [6.07, 6.45) is 0.